The first-order valence-corrected chi connectivity index (χ1v) is 39.7. The van der Waals surface area contributed by atoms with Crippen LogP contribution < -0.4 is 26.6 Å². The zero-order valence-corrected chi connectivity index (χ0v) is 71.8. The first-order chi connectivity index (χ1) is 58.2. The lowest BCUT2D eigenvalue weighted by molar-refractivity contribution is 0.0163. The molecule has 37 nitrogen and oxygen atoms in total. The lowest BCUT2D eigenvalue weighted by Gasteiger charge is -2.23. The Morgan fingerprint density at radius 3 is 1.10 bits per heavy atom. The first-order valence-electron chi connectivity index (χ1n) is 39.2. The van der Waals surface area contributed by atoms with Crippen LogP contribution in [0.3, 0.4) is 0 Å². The monoisotopic (exact) mass is 1710 g/mol. The molecule has 0 saturated heterocycles. The van der Waals surface area contributed by atoms with Crippen LogP contribution in [-0.2, 0) is 56.8 Å². The van der Waals surface area contributed by atoms with Gasteiger partial charge in [0, 0.05) is 12.5 Å². The molecule has 122 heavy (non-hydrogen) atoms. The Morgan fingerprint density at radius 2 is 0.770 bits per heavy atom. The third-order valence-electron chi connectivity index (χ3n) is 17.8. The van der Waals surface area contributed by atoms with Crippen molar-refractivity contribution < 1.29 is 105 Å². The van der Waals surface area contributed by atoms with Crippen LogP contribution in [0.1, 0.15) is 172 Å². The van der Waals surface area contributed by atoms with E-state index in [-0.39, 0.29) is 77.1 Å². The largest absolute Gasteiger partial charge is 0.462 e. The number of aromatic amines is 5. The van der Waals surface area contributed by atoms with Gasteiger partial charge in [-0.1, -0.05) is 53.2 Å². The molecule has 5 aromatic heterocycles. The van der Waals surface area contributed by atoms with E-state index >= 15 is 0 Å². The molecular weight excluding hydrogens is 1610 g/mol. The number of allylic oxidation sites excluding steroid dienone is 2. The Labute approximate surface area is 708 Å². The van der Waals surface area contributed by atoms with Crippen LogP contribution in [0, 0.1) is 22.7 Å². The van der Waals surface area contributed by atoms with Gasteiger partial charge in [0.25, 0.3) is 0 Å². The lowest BCUT2D eigenvalue weighted by Crippen LogP contribution is -2.17. The molecule has 0 spiro atoms. The van der Waals surface area contributed by atoms with Crippen molar-refractivity contribution in [2.45, 2.75) is 127 Å². The third-order valence-corrected chi connectivity index (χ3v) is 18.1. The Balaban J connectivity index is 0.000000210. The second kappa shape index (κ2) is 47.8. The van der Waals surface area contributed by atoms with Crippen molar-refractivity contribution in [1.29, 1.82) is 0 Å². The molecule has 1 aliphatic rings. The van der Waals surface area contributed by atoms with E-state index < -0.39 is 42.4 Å². The number of carbonyl (C=O) groups excluding carboxylic acids is 10. The Morgan fingerprint density at radius 1 is 0.443 bits per heavy atom. The summed E-state index contributed by atoms with van der Waals surface area (Å²) in [6, 6.07) is 24.8. The van der Waals surface area contributed by atoms with E-state index in [1.165, 1.54) is 41.1 Å². The summed E-state index contributed by atoms with van der Waals surface area (Å²) < 4.78 is 59.5. The molecule has 5 aromatic carbocycles. The molecular formula is C84H108ClN15O22. The van der Waals surface area contributed by atoms with Crippen LogP contribution >= 0.6 is 11.6 Å². The number of benzene rings is 5. The molecule has 10 N–H and O–H groups in total. The molecule has 2 atom stereocenters. The maximum absolute atomic E-state index is 12.4. The zero-order valence-electron chi connectivity index (χ0n) is 71.1. The van der Waals surface area contributed by atoms with Crippen molar-refractivity contribution in [2.75, 3.05) is 121 Å². The molecule has 10 aromatic rings. The van der Waals surface area contributed by atoms with Crippen molar-refractivity contribution in [3.05, 3.63) is 130 Å². The van der Waals surface area contributed by atoms with Crippen LogP contribution in [0.15, 0.2) is 103 Å². The smallest absolute Gasteiger partial charge is 0.413 e. The van der Waals surface area contributed by atoms with E-state index in [9.17, 15) is 47.9 Å². The molecule has 2 unspecified atom stereocenters. The van der Waals surface area contributed by atoms with Gasteiger partial charge in [-0.25, -0.2) is 72.9 Å². The highest BCUT2D eigenvalue weighted by atomic mass is 35.5. The lowest BCUT2D eigenvalue weighted by atomic mass is 9.84. The number of alkyl halides is 1. The number of nitrogens with one attached hydrogen (secondary N) is 10. The fraction of sp³-hybridized carbons (Fsp3) is 0.440. The van der Waals surface area contributed by atoms with Gasteiger partial charge in [0.2, 0.25) is 29.7 Å². The van der Waals surface area contributed by atoms with Gasteiger partial charge < -0.3 is 81.8 Å². The number of unbranched alkanes of at least 4 members (excludes halogenated alkanes) is 1. The number of aromatic nitrogens is 10. The minimum absolute atomic E-state index is 0.0542. The molecule has 0 radical (unpaired) electrons. The van der Waals surface area contributed by atoms with E-state index in [2.05, 4.69) is 162 Å². The molecule has 1 saturated carbocycles. The molecule has 5 amide bonds. The Bertz CT molecular complexity index is 5210. The Kier molecular flexibility index (Phi) is 37.7. The van der Waals surface area contributed by atoms with Crippen molar-refractivity contribution in [1.82, 2.24) is 49.8 Å². The minimum atomic E-state index is -0.636. The number of nitrogens with zero attached hydrogens (tertiary/aromatic N) is 5. The van der Waals surface area contributed by atoms with E-state index in [0.717, 1.165) is 51.4 Å². The number of H-pyrrole nitrogens is 5. The SMILES string of the molecule is CCOCCOCCOC(=O)c1ccc2nc(NC(=O)OC)[nH]c2c1.COC(=O)Nc1nc2ccc(C(=O)OC(C)C3CC3)cc2[nH]1.COC(=O)Nc1nc2ccc(C(=O)OCC(C)CC(C)(C)C)cc2[nH]1.COC(=O)Nc1nc2ccc(C(=O)OCCC(C)(C)CCC=C(C)C)cc2[nH]1.COC(=O)Nc1nc2ccc(C(=O)OCCCCCl)cc2[nH]1. The van der Waals surface area contributed by atoms with Crippen LogP contribution in [0.25, 0.3) is 55.2 Å². The summed E-state index contributed by atoms with van der Waals surface area (Å²) >= 11 is 5.56. The summed E-state index contributed by atoms with van der Waals surface area (Å²) in [4.78, 5) is 152. The number of hydrogen-bond donors (Lipinski definition) is 10. The van der Waals surface area contributed by atoms with Gasteiger partial charge in [-0.15, -0.1) is 11.6 Å². The van der Waals surface area contributed by atoms with Crippen LogP contribution in [0.4, 0.5) is 53.7 Å². The second-order valence-electron chi connectivity index (χ2n) is 29.9. The normalized spacial score (nSPS) is 12.0. The van der Waals surface area contributed by atoms with Gasteiger partial charge >= 0.3 is 60.3 Å². The highest BCUT2D eigenvalue weighted by Gasteiger charge is 2.31. The van der Waals surface area contributed by atoms with Gasteiger partial charge in [-0.2, -0.15) is 0 Å². The molecule has 0 aliphatic heterocycles. The summed E-state index contributed by atoms with van der Waals surface area (Å²) in [6.45, 7) is 24.1. The van der Waals surface area contributed by atoms with Gasteiger partial charge in [-0.3, -0.25) is 26.6 Å². The molecule has 1 fully saturated rings. The second-order valence-corrected chi connectivity index (χ2v) is 30.3. The Hall–Kier alpha value is -12.9. The average Bonchev–Trinajstić information content (AvgIpc) is 1.70. The number of amides is 5. The fourth-order valence-corrected chi connectivity index (χ4v) is 11.7. The number of imidazole rings is 5. The van der Waals surface area contributed by atoms with E-state index in [4.69, 9.17) is 44.8 Å². The topological polar surface area (TPSA) is 485 Å². The van der Waals surface area contributed by atoms with E-state index in [0.29, 0.717) is 141 Å². The molecule has 38 heteroatoms. The first kappa shape index (κ1) is 96.2. The number of methoxy groups -OCH3 is 5. The summed E-state index contributed by atoms with van der Waals surface area (Å²) in [5.41, 5.74) is 9.93. The zero-order chi connectivity index (χ0) is 89.1. The van der Waals surface area contributed by atoms with Crippen LogP contribution in [0.5, 0.6) is 0 Å². The average molecular weight is 1720 g/mol. The summed E-state index contributed by atoms with van der Waals surface area (Å²) in [5.74, 6) is 0.609. The predicted octanol–water partition coefficient (Wildman–Crippen LogP) is 16.6. The molecule has 1 aliphatic carbocycles. The number of carbonyl (C=O) groups is 10. The van der Waals surface area contributed by atoms with E-state index in [1.54, 1.807) is 91.0 Å². The van der Waals surface area contributed by atoms with Gasteiger partial charge in [0.15, 0.2) is 0 Å². The van der Waals surface area contributed by atoms with Crippen molar-refractivity contribution in [3.8, 4) is 0 Å². The van der Waals surface area contributed by atoms with Gasteiger partial charge in [0.05, 0.1) is 158 Å². The fourth-order valence-electron chi connectivity index (χ4n) is 11.5. The molecule has 11 rings (SSSR count). The number of anilines is 5. The summed E-state index contributed by atoms with van der Waals surface area (Å²) in [6.07, 6.45) is 6.69. The standard InChI is InChI=1S/C21H29N3O4.C18H25N3O4.C16H21N3O6.C15H17N3O4.C14H16ClN3O4/c1-14(2)7-6-10-21(3,4)11-12-28-18(25)15-8-9-16-17(13-15)23-19(22-16)24-20(26)27-5;1-11(9-18(2,3)4)10-25-15(22)12-6-7-13-14(8-12)20-16(19-13)21-17(23)24-5;1-3-23-6-7-24-8-9-25-14(20)11-4-5-12-13(10-11)18-15(17-12)19-16(21)22-2;1-8(9-3-4-9)22-13(19)10-5-6-11-12(7-10)17-14(16-11)18-15(20)21-2;1-21-14(20)18-13-16-10-5-4-9(8-11(10)17-13)12(19)22-7-3-2-6-15/h7-9,13H,6,10-12H2,1-5H3,(H2,22,23,24,26);6-8,11H,9-10H2,1-5H3,(H2,19,20,21,23);4-5,10H,3,6-9H2,1-2H3,(H2,17,18,19,21);5-9H,3-4H2,1-2H3,(H2,16,17,18,20);4-5,8H,2-3,6-7H2,1H3,(H2,16,17,18,20). The van der Waals surface area contributed by atoms with Crippen molar-refractivity contribution in [3.63, 3.8) is 0 Å². The number of halogens is 1. The summed E-state index contributed by atoms with van der Waals surface area (Å²) in [7, 11) is 6.33. The van der Waals surface area contributed by atoms with Gasteiger partial charge in [0.1, 0.15) is 12.7 Å². The molecule has 5 heterocycles. The van der Waals surface area contributed by atoms with Gasteiger partial charge in [-0.05, 0) is 193 Å². The number of hydrogen-bond acceptors (Lipinski definition) is 27. The minimum Gasteiger partial charge on any atom is -0.462 e. The number of ether oxygens (including phenoxy) is 12. The highest BCUT2D eigenvalue weighted by molar-refractivity contribution is 6.17. The van der Waals surface area contributed by atoms with Crippen molar-refractivity contribution in [2.24, 2.45) is 22.7 Å². The van der Waals surface area contributed by atoms with E-state index in [1.807, 2.05) is 13.8 Å². The predicted molar refractivity (Wildman–Crippen MR) is 457 cm³/mol. The van der Waals surface area contributed by atoms with Crippen LogP contribution in [0.2, 0.25) is 0 Å². The van der Waals surface area contributed by atoms with Crippen LogP contribution in [-0.4, -0.2) is 211 Å². The number of esters is 5. The quantitative estimate of drug-likeness (QED) is 0.00615. The third kappa shape index (κ3) is 32.7. The summed E-state index contributed by atoms with van der Waals surface area (Å²) in [5, 5.41) is 12.2. The molecule has 0 bridgehead atoms. The van der Waals surface area contributed by atoms with Crippen molar-refractivity contribution >= 4 is 157 Å². The maximum Gasteiger partial charge on any atom is 0.413 e. The number of fused-ring (bicyclic) bond motifs is 5. The number of rotatable bonds is 32. The molecule has 658 valence electrons. The highest BCUT2D eigenvalue weighted by Crippen LogP contribution is 2.35. The maximum atomic E-state index is 12.4.